The number of hydrogen-bond donors (Lipinski definition) is 1. The summed E-state index contributed by atoms with van der Waals surface area (Å²) in [4.78, 5) is 12.6. The molecular weight excluding hydrogens is 290 g/mol. The number of methoxy groups -OCH3 is 2. The quantitative estimate of drug-likeness (QED) is 0.874. The molecule has 0 aliphatic carbocycles. The number of ether oxygens (including phenoxy) is 2. The Balaban J connectivity index is 2.33. The van der Waals surface area contributed by atoms with Gasteiger partial charge >= 0.3 is 0 Å². The van der Waals surface area contributed by atoms with Crippen molar-refractivity contribution in [1.29, 1.82) is 0 Å². The minimum atomic E-state index is -0.151. The summed E-state index contributed by atoms with van der Waals surface area (Å²) in [6.45, 7) is 4.17. The summed E-state index contributed by atoms with van der Waals surface area (Å²) in [6.07, 6.45) is 1.74. The molecule has 2 rings (SSSR count). The van der Waals surface area contributed by atoms with Gasteiger partial charge in [0.2, 0.25) is 0 Å². The van der Waals surface area contributed by atoms with Gasteiger partial charge in [-0.05, 0) is 42.2 Å². The molecule has 0 saturated heterocycles. The van der Waals surface area contributed by atoms with Crippen LogP contribution in [0.2, 0.25) is 0 Å². The topological polar surface area (TPSA) is 47.6 Å². The molecular formula is C19H23NO3. The number of carbonyl (C=O) groups excluding carboxylic acids is 1. The second kappa shape index (κ2) is 7.68. The van der Waals surface area contributed by atoms with Gasteiger partial charge in [-0.25, -0.2) is 0 Å². The van der Waals surface area contributed by atoms with E-state index in [1.165, 1.54) is 0 Å². The molecule has 0 saturated carbocycles. The van der Waals surface area contributed by atoms with Crippen LogP contribution in [-0.4, -0.2) is 20.1 Å². The molecule has 122 valence electrons. The van der Waals surface area contributed by atoms with Gasteiger partial charge < -0.3 is 14.8 Å². The molecule has 0 bridgehead atoms. The first-order chi connectivity index (χ1) is 11.1. The summed E-state index contributed by atoms with van der Waals surface area (Å²) in [7, 11) is 3.13. The molecule has 0 spiro atoms. The summed E-state index contributed by atoms with van der Waals surface area (Å²) in [5, 5.41) is 3.05. The maximum absolute atomic E-state index is 12.6. The molecule has 0 unspecified atom stereocenters. The van der Waals surface area contributed by atoms with Crippen molar-refractivity contribution in [2.24, 2.45) is 0 Å². The molecule has 0 aromatic heterocycles. The van der Waals surface area contributed by atoms with Crippen molar-refractivity contribution in [1.82, 2.24) is 0 Å². The third-order valence-corrected chi connectivity index (χ3v) is 3.88. The Morgan fingerprint density at radius 2 is 1.57 bits per heavy atom. The van der Waals surface area contributed by atoms with E-state index in [0.717, 1.165) is 29.7 Å². The van der Waals surface area contributed by atoms with E-state index in [-0.39, 0.29) is 5.91 Å². The number of para-hydroxylation sites is 1. The van der Waals surface area contributed by atoms with Crippen molar-refractivity contribution >= 4 is 11.6 Å². The minimum absolute atomic E-state index is 0.151. The average Bonchev–Trinajstić information content (AvgIpc) is 2.60. The minimum Gasteiger partial charge on any atom is -0.493 e. The number of hydrogen-bond acceptors (Lipinski definition) is 3. The first-order valence-corrected chi connectivity index (χ1v) is 7.78. The highest BCUT2D eigenvalue weighted by molar-refractivity contribution is 6.05. The molecule has 0 atom stereocenters. The predicted octanol–water partition coefficient (Wildman–Crippen LogP) is 4.08. The molecule has 4 heteroatoms. The lowest BCUT2D eigenvalue weighted by Crippen LogP contribution is -2.15. The summed E-state index contributed by atoms with van der Waals surface area (Å²) >= 11 is 0. The number of rotatable bonds is 6. The van der Waals surface area contributed by atoms with Crippen molar-refractivity contribution in [3.63, 3.8) is 0 Å². The zero-order chi connectivity index (χ0) is 16.8. The standard InChI is InChI=1S/C19H23NO3/c1-5-13-8-7-9-14(6-2)18(13)20-19(21)15-10-11-16(22-3)17(12-15)23-4/h7-12H,5-6H2,1-4H3,(H,20,21). The van der Waals surface area contributed by atoms with Gasteiger partial charge in [-0.15, -0.1) is 0 Å². The first-order valence-electron chi connectivity index (χ1n) is 7.78. The third kappa shape index (κ3) is 3.65. The Labute approximate surface area is 137 Å². The van der Waals surface area contributed by atoms with E-state index in [0.29, 0.717) is 17.1 Å². The summed E-state index contributed by atoms with van der Waals surface area (Å²) in [5.74, 6) is 0.994. The van der Waals surface area contributed by atoms with E-state index in [4.69, 9.17) is 9.47 Å². The van der Waals surface area contributed by atoms with Crippen molar-refractivity contribution in [2.75, 3.05) is 19.5 Å². The fourth-order valence-corrected chi connectivity index (χ4v) is 2.57. The molecule has 1 N–H and O–H groups in total. The highest BCUT2D eigenvalue weighted by atomic mass is 16.5. The second-order valence-electron chi connectivity index (χ2n) is 5.18. The van der Waals surface area contributed by atoms with Crippen LogP contribution in [0, 0.1) is 0 Å². The Morgan fingerprint density at radius 1 is 0.957 bits per heavy atom. The highest BCUT2D eigenvalue weighted by Gasteiger charge is 2.14. The fourth-order valence-electron chi connectivity index (χ4n) is 2.57. The molecule has 0 aliphatic rings. The lowest BCUT2D eigenvalue weighted by Gasteiger charge is -2.15. The number of amides is 1. The second-order valence-corrected chi connectivity index (χ2v) is 5.18. The fraction of sp³-hybridized carbons (Fsp3) is 0.316. The maximum atomic E-state index is 12.6. The van der Waals surface area contributed by atoms with Gasteiger partial charge in [-0.3, -0.25) is 4.79 Å². The number of anilines is 1. The third-order valence-electron chi connectivity index (χ3n) is 3.88. The Bertz CT molecular complexity index is 673. The number of benzene rings is 2. The van der Waals surface area contributed by atoms with E-state index >= 15 is 0 Å². The smallest absolute Gasteiger partial charge is 0.255 e. The molecule has 2 aromatic carbocycles. The van der Waals surface area contributed by atoms with Gasteiger partial charge in [0.1, 0.15) is 0 Å². The molecule has 0 aliphatic heterocycles. The van der Waals surface area contributed by atoms with E-state index in [1.807, 2.05) is 18.2 Å². The normalized spacial score (nSPS) is 10.3. The van der Waals surface area contributed by atoms with Crippen LogP contribution in [0.3, 0.4) is 0 Å². The Kier molecular flexibility index (Phi) is 5.63. The lowest BCUT2D eigenvalue weighted by molar-refractivity contribution is 0.102. The van der Waals surface area contributed by atoms with Gasteiger partial charge in [0.05, 0.1) is 14.2 Å². The van der Waals surface area contributed by atoms with Crippen LogP contribution in [0.15, 0.2) is 36.4 Å². The van der Waals surface area contributed by atoms with Gasteiger partial charge in [0.15, 0.2) is 11.5 Å². The van der Waals surface area contributed by atoms with Crippen LogP contribution in [0.25, 0.3) is 0 Å². The number of aryl methyl sites for hydroxylation is 2. The van der Waals surface area contributed by atoms with Crippen molar-refractivity contribution in [3.05, 3.63) is 53.1 Å². The molecule has 23 heavy (non-hydrogen) atoms. The van der Waals surface area contributed by atoms with Crippen LogP contribution in [-0.2, 0) is 12.8 Å². The lowest BCUT2D eigenvalue weighted by atomic mass is 10.0. The zero-order valence-corrected chi connectivity index (χ0v) is 14.1. The van der Waals surface area contributed by atoms with E-state index < -0.39 is 0 Å². The molecule has 4 nitrogen and oxygen atoms in total. The molecule has 0 fully saturated rings. The van der Waals surface area contributed by atoms with E-state index in [9.17, 15) is 4.79 Å². The number of nitrogens with one attached hydrogen (secondary N) is 1. The monoisotopic (exact) mass is 313 g/mol. The molecule has 0 heterocycles. The zero-order valence-electron chi connectivity index (χ0n) is 14.1. The van der Waals surface area contributed by atoms with Crippen molar-refractivity contribution < 1.29 is 14.3 Å². The predicted molar refractivity (Wildman–Crippen MR) is 92.7 cm³/mol. The summed E-state index contributed by atoms with van der Waals surface area (Å²) in [6, 6.07) is 11.3. The molecule has 0 radical (unpaired) electrons. The average molecular weight is 313 g/mol. The highest BCUT2D eigenvalue weighted by Crippen LogP contribution is 2.29. The Morgan fingerprint density at radius 3 is 2.09 bits per heavy atom. The number of carbonyl (C=O) groups is 1. The van der Waals surface area contributed by atoms with E-state index in [1.54, 1.807) is 32.4 Å². The van der Waals surface area contributed by atoms with Crippen LogP contribution >= 0.6 is 0 Å². The van der Waals surface area contributed by atoms with Gasteiger partial charge in [-0.2, -0.15) is 0 Å². The summed E-state index contributed by atoms with van der Waals surface area (Å²) in [5.41, 5.74) is 3.73. The molecule has 1 amide bonds. The van der Waals surface area contributed by atoms with Crippen LogP contribution in [0.5, 0.6) is 11.5 Å². The van der Waals surface area contributed by atoms with Crippen molar-refractivity contribution in [2.45, 2.75) is 26.7 Å². The SMILES string of the molecule is CCc1cccc(CC)c1NC(=O)c1ccc(OC)c(OC)c1. The largest absolute Gasteiger partial charge is 0.493 e. The van der Waals surface area contributed by atoms with Crippen molar-refractivity contribution in [3.8, 4) is 11.5 Å². The van der Waals surface area contributed by atoms with Gasteiger partial charge in [0, 0.05) is 11.3 Å². The van der Waals surface area contributed by atoms with Crippen LogP contribution < -0.4 is 14.8 Å². The van der Waals surface area contributed by atoms with Gasteiger partial charge in [0.25, 0.3) is 5.91 Å². The maximum Gasteiger partial charge on any atom is 0.255 e. The van der Waals surface area contributed by atoms with Crippen LogP contribution in [0.1, 0.15) is 35.3 Å². The summed E-state index contributed by atoms with van der Waals surface area (Å²) < 4.78 is 10.5. The Hall–Kier alpha value is -2.49. The molecule has 2 aromatic rings. The van der Waals surface area contributed by atoms with Gasteiger partial charge in [-0.1, -0.05) is 32.0 Å². The first kappa shape index (κ1) is 16.9. The van der Waals surface area contributed by atoms with Crippen LogP contribution in [0.4, 0.5) is 5.69 Å². The van der Waals surface area contributed by atoms with E-state index in [2.05, 4.69) is 19.2 Å².